The van der Waals surface area contributed by atoms with E-state index in [1.807, 2.05) is 60.7 Å². The zero-order valence-electron chi connectivity index (χ0n) is 16.2. The summed E-state index contributed by atoms with van der Waals surface area (Å²) >= 11 is 0. The number of benzene rings is 4. The average Bonchev–Trinajstić information content (AvgIpc) is 2.80. The molecule has 0 aliphatic rings. The number of ether oxygens (including phenoxy) is 1. The third kappa shape index (κ3) is 4.47. The van der Waals surface area contributed by atoms with Crippen molar-refractivity contribution in [2.45, 2.75) is 6.61 Å². The monoisotopic (exact) mass is 396 g/mol. The van der Waals surface area contributed by atoms with Gasteiger partial charge in [0.1, 0.15) is 18.1 Å². The van der Waals surface area contributed by atoms with E-state index in [0.29, 0.717) is 23.5 Å². The molecule has 0 bridgehead atoms. The van der Waals surface area contributed by atoms with Crippen molar-refractivity contribution in [1.29, 1.82) is 0 Å². The molecule has 148 valence electrons. The van der Waals surface area contributed by atoms with Crippen molar-refractivity contribution in [3.63, 3.8) is 0 Å². The standard InChI is InChI=1S/C25H20N2O3/c28-24-15-12-19-8-4-5-9-22(19)23(24)16-26-27-25(29)20-10-13-21(14-11-20)30-17-18-6-2-1-3-7-18/h1-16,28H,17H2,(H,27,29). The largest absolute Gasteiger partial charge is 0.507 e. The summed E-state index contributed by atoms with van der Waals surface area (Å²) in [6.07, 6.45) is 1.45. The van der Waals surface area contributed by atoms with Gasteiger partial charge in [-0.2, -0.15) is 5.10 Å². The van der Waals surface area contributed by atoms with E-state index < -0.39 is 0 Å². The van der Waals surface area contributed by atoms with Crippen LogP contribution in [0.2, 0.25) is 0 Å². The SMILES string of the molecule is O=C(NN=Cc1c(O)ccc2ccccc12)c1ccc(OCc2ccccc2)cc1. The van der Waals surface area contributed by atoms with Crippen LogP contribution >= 0.6 is 0 Å². The van der Waals surface area contributed by atoms with Crippen LogP contribution in [0.5, 0.6) is 11.5 Å². The van der Waals surface area contributed by atoms with Crippen LogP contribution in [0.3, 0.4) is 0 Å². The van der Waals surface area contributed by atoms with E-state index in [4.69, 9.17) is 4.74 Å². The van der Waals surface area contributed by atoms with Gasteiger partial charge in [0.05, 0.1) is 6.21 Å². The molecule has 5 nitrogen and oxygen atoms in total. The molecule has 0 radical (unpaired) electrons. The van der Waals surface area contributed by atoms with E-state index in [-0.39, 0.29) is 11.7 Å². The first-order valence-corrected chi connectivity index (χ1v) is 9.51. The van der Waals surface area contributed by atoms with Crippen LogP contribution < -0.4 is 10.2 Å². The van der Waals surface area contributed by atoms with Gasteiger partial charge in [-0.05, 0) is 46.7 Å². The Bertz CT molecular complexity index is 1190. The maximum absolute atomic E-state index is 12.3. The highest BCUT2D eigenvalue weighted by Gasteiger charge is 2.07. The Hall–Kier alpha value is -4.12. The van der Waals surface area contributed by atoms with Crippen molar-refractivity contribution in [1.82, 2.24) is 5.43 Å². The van der Waals surface area contributed by atoms with Gasteiger partial charge in [-0.3, -0.25) is 4.79 Å². The molecule has 4 rings (SSSR count). The van der Waals surface area contributed by atoms with Crippen molar-refractivity contribution >= 4 is 22.9 Å². The number of phenols is 1. The molecule has 4 aromatic carbocycles. The van der Waals surface area contributed by atoms with Gasteiger partial charge in [-0.25, -0.2) is 5.43 Å². The second-order valence-electron chi connectivity index (χ2n) is 6.72. The number of amides is 1. The van der Waals surface area contributed by atoms with Gasteiger partial charge >= 0.3 is 0 Å². The Morgan fingerprint density at radius 1 is 0.900 bits per heavy atom. The Balaban J connectivity index is 1.39. The molecular weight excluding hydrogens is 376 g/mol. The molecule has 0 aromatic heterocycles. The fourth-order valence-electron chi connectivity index (χ4n) is 3.08. The molecule has 0 spiro atoms. The van der Waals surface area contributed by atoms with E-state index in [2.05, 4.69) is 10.5 Å². The lowest BCUT2D eigenvalue weighted by atomic mass is 10.0. The highest BCUT2D eigenvalue weighted by Crippen LogP contribution is 2.25. The molecule has 0 heterocycles. The molecule has 5 heteroatoms. The fourth-order valence-corrected chi connectivity index (χ4v) is 3.08. The van der Waals surface area contributed by atoms with E-state index in [1.54, 1.807) is 30.3 Å². The van der Waals surface area contributed by atoms with Gasteiger partial charge in [0.15, 0.2) is 0 Å². The Labute approximate surface area is 174 Å². The quantitative estimate of drug-likeness (QED) is 0.360. The summed E-state index contributed by atoms with van der Waals surface area (Å²) in [5.41, 5.74) is 4.58. The van der Waals surface area contributed by atoms with Crippen LogP contribution in [0.25, 0.3) is 10.8 Å². The Morgan fingerprint density at radius 2 is 1.63 bits per heavy atom. The predicted molar refractivity (Wildman–Crippen MR) is 118 cm³/mol. The number of hydrogen-bond donors (Lipinski definition) is 2. The van der Waals surface area contributed by atoms with Crippen molar-refractivity contribution < 1.29 is 14.6 Å². The van der Waals surface area contributed by atoms with Crippen molar-refractivity contribution in [3.8, 4) is 11.5 Å². The number of rotatable bonds is 6. The minimum atomic E-state index is -0.347. The van der Waals surface area contributed by atoms with Gasteiger partial charge in [0.2, 0.25) is 0 Å². The first kappa shape index (κ1) is 19.2. The predicted octanol–water partition coefficient (Wildman–Crippen LogP) is 4.89. The van der Waals surface area contributed by atoms with Crippen LogP contribution in [0.15, 0.2) is 96.1 Å². The molecule has 4 aromatic rings. The molecule has 0 aliphatic heterocycles. The van der Waals surface area contributed by atoms with Crippen LogP contribution in [0.4, 0.5) is 0 Å². The second-order valence-corrected chi connectivity index (χ2v) is 6.72. The van der Waals surface area contributed by atoms with Gasteiger partial charge in [0.25, 0.3) is 5.91 Å². The summed E-state index contributed by atoms with van der Waals surface area (Å²) in [5.74, 6) is 0.437. The molecule has 0 saturated carbocycles. The second kappa shape index (κ2) is 8.92. The van der Waals surface area contributed by atoms with Crippen molar-refractivity contribution in [3.05, 3.63) is 108 Å². The smallest absolute Gasteiger partial charge is 0.271 e. The van der Waals surface area contributed by atoms with E-state index >= 15 is 0 Å². The third-order valence-electron chi connectivity index (χ3n) is 4.67. The average molecular weight is 396 g/mol. The normalized spacial score (nSPS) is 10.9. The number of aromatic hydroxyl groups is 1. The number of hydrogen-bond acceptors (Lipinski definition) is 4. The van der Waals surface area contributed by atoms with Gasteiger partial charge in [0, 0.05) is 11.1 Å². The third-order valence-corrected chi connectivity index (χ3v) is 4.67. The summed E-state index contributed by atoms with van der Waals surface area (Å²) in [6, 6.07) is 27.8. The number of fused-ring (bicyclic) bond motifs is 1. The van der Waals surface area contributed by atoms with Crippen molar-refractivity contribution in [2.75, 3.05) is 0 Å². The molecule has 0 saturated heterocycles. The lowest BCUT2D eigenvalue weighted by molar-refractivity contribution is 0.0955. The number of phenolic OH excluding ortho intramolecular Hbond substituents is 1. The van der Waals surface area contributed by atoms with Crippen LogP contribution in [0, 0.1) is 0 Å². The zero-order chi connectivity index (χ0) is 20.8. The number of carbonyl (C=O) groups is 1. The first-order valence-electron chi connectivity index (χ1n) is 9.51. The number of carbonyl (C=O) groups excluding carboxylic acids is 1. The molecule has 0 atom stereocenters. The Kier molecular flexibility index (Phi) is 5.71. The van der Waals surface area contributed by atoms with E-state index in [1.165, 1.54) is 6.21 Å². The molecule has 0 aliphatic carbocycles. The fraction of sp³-hybridized carbons (Fsp3) is 0.0400. The number of nitrogens with zero attached hydrogens (tertiary/aromatic N) is 1. The minimum absolute atomic E-state index is 0.103. The van der Waals surface area contributed by atoms with E-state index in [9.17, 15) is 9.90 Å². The maximum atomic E-state index is 12.3. The molecule has 30 heavy (non-hydrogen) atoms. The summed E-state index contributed by atoms with van der Waals surface area (Å²) in [4.78, 5) is 12.3. The topological polar surface area (TPSA) is 70.9 Å². The number of hydrazone groups is 1. The maximum Gasteiger partial charge on any atom is 0.271 e. The lowest BCUT2D eigenvalue weighted by Gasteiger charge is -2.07. The lowest BCUT2D eigenvalue weighted by Crippen LogP contribution is -2.17. The van der Waals surface area contributed by atoms with E-state index in [0.717, 1.165) is 16.3 Å². The molecule has 2 N–H and O–H groups in total. The van der Waals surface area contributed by atoms with Crippen molar-refractivity contribution in [2.24, 2.45) is 5.10 Å². The highest BCUT2D eigenvalue weighted by atomic mass is 16.5. The minimum Gasteiger partial charge on any atom is -0.507 e. The highest BCUT2D eigenvalue weighted by molar-refractivity contribution is 6.03. The van der Waals surface area contributed by atoms with Crippen LogP contribution in [0.1, 0.15) is 21.5 Å². The van der Waals surface area contributed by atoms with Crippen LogP contribution in [-0.2, 0) is 6.61 Å². The molecular formula is C25H20N2O3. The Morgan fingerprint density at radius 3 is 2.43 bits per heavy atom. The molecule has 1 amide bonds. The van der Waals surface area contributed by atoms with Gasteiger partial charge in [-0.1, -0.05) is 60.7 Å². The molecule has 0 fully saturated rings. The van der Waals surface area contributed by atoms with Gasteiger partial charge < -0.3 is 9.84 Å². The first-order chi connectivity index (χ1) is 14.7. The molecule has 0 unspecified atom stereocenters. The van der Waals surface area contributed by atoms with Crippen LogP contribution in [-0.4, -0.2) is 17.2 Å². The summed E-state index contributed by atoms with van der Waals surface area (Å²) in [7, 11) is 0. The summed E-state index contributed by atoms with van der Waals surface area (Å²) < 4.78 is 5.73. The van der Waals surface area contributed by atoms with Gasteiger partial charge in [-0.15, -0.1) is 0 Å². The zero-order valence-corrected chi connectivity index (χ0v) is 16.2. The summed E-state index contributed by atoms with van der Waals surface area (Å²) in [6.45, 7) is 0.463. The summed E-state index contributed by atoms with van der Waals surface area (Å²) in [5, 5.41) is 16.0. The number of nitrogens with one attached hydrogen (secondary N) is 1.